The largest absolute Gasteiger partial charge is 0.396 e. The van der Waals surface area contributed by atoms with Crippen molar-refractivity contribution in [2.75, 3.05) is 13.2 Å². The van der Waals surface area contributed by atoms with Gasteiger partial charge in [-0.1, -0.05) is 13.3 Å². The molecule has 0 heterocycles. The second-order valence-electron chi connectivity index (χ2n) is 4.17. The maximum atomic E-state index is 9.14. The Morgan fingerprint density at radius 2 is 1.67 bits per heavy atom. The third kappa shape index (κ3) is 1.99. The van der Waals surface area contributed by atoms with Crippen LogP contribution in [-0.4, -0.2) is 23.4 Å². The lowest BCUT2D eigenvalue weighted by Gasteiger charge is -2.37. The van der Waals surface area contributed by atoms with Crippen LogP contribution in [0.15, 0.2) is 0 Å². The standard InChI is InChI=1S/C10H20O2/c1-2-9-3-5-10(7-11,8-12)6-4-9/h9,11-12H,2-8H2,1H3. The second kappa shape index (κ2) is 4.24. The monoisotopic (exact) mass is 172 g/mol. The first kappa shape index (κ1) is 10.0. The van der Waals surface area contributed by atoms with Crippen LogP contribution in [0.5, 0.6) is 0 Å². The summed E-state index contributed by atoms with van der Waals surface area (Å²) in [5.41, 5.74) is -0.147. The SMILES string of the molecule is CCC1CCC(CO)(CO)CC1. The van der Waals surface area contributed by atoms with E-state index in [9.17, 15) is 0 Å². The Bertz CT molecular complexity index is 120. The molecular weight excluding hydrogens is 152 g/mol. The van der Waals surface area contributed by atoms with Crippen LogP contribution >= 0.6 is 0 Å². The molecule has 0 spiro atoms. The average Bonchev–Trinajstić information content (AvgIpc) is 2.18. The Morgan fingerprint density at radius 3 is 2.00 bits per heavy atom. The maximum absolute atomic E-state index is 9.14. The minimum Gasteiger partial charge on any atom is -0.396 e. The average molecular weight is 172 g/mol. The van der Waals surface area contributed by atoms with Gasteiger partial charge in [-0.2, -0.15) is 0 Å². The first-order valence-electron chi connectivity index (χ1n) is 4.98. The van der Waals surface area contributed by atoms with E-state index in [1.165, 1.54) is 19.3 Å². The normalized spacial score (nSPS) is 24.2. The number of hydrogen-bond donors (Lipinski definition) is 2. The van der Waals surface area contributed by atoms with E-state index in [0.717, 1.165) is 18.8 Å². The molecule has 1 aliphatic rings. The van der Waals surface area contributed by atoms with Crippen LogP contribution in [0, 0.1) is 11.3 Å². The molecule has 0 unspecified atom stereocenters. The molecule has 0 aromatic carbocycles. The summed E-state index contributed by atoms with van der Waals surface area (Å²) < 4.78 is 0. The zero-order valence-corrected chi connectivity index (χ0v) is 7.92. The summed E-state index contributed by atoms with van der Waals surface area (Å²) in [5, 5.41) is 18.3. The van der Waals surface area contributed by atoms with Crippen molar-refractivity contribution in [3.05, 3.63) is 0 Å². The van der Waals surface area contributed by atoms with Crippen molar-refractivity contribution < 1.29 is 10.2 Å². The lowest BCUT2D eigenvalue weighted by atomic mass is 9.71. The lowest BCUT2D eigenvalue weighted by Crippen LogP contribution is -2.34. The molecule has 0 aromatic heterocycles. The Hall–Kier alpha value is -0.0800. The summed E-state index contributed by atoms with van der Waals surface area (Å²) >= 11 is 0. The Labute approximate surface area is 74.6 Å². The van der Waals surface area contributed by atoms with E-state index in [2.05, 4.69) is 6.92 Å². The van der Waals surface area contributed by atoms with Crippen molar-refractivity contribution in [3.8, 4) is 0 Å². The fourth-order valence-electron chi connectivity index (χ4n) is 2.06. The minimum atomic E-state index is -0.147. The van der Waals surface area contributed by atoms with Crippen molar-refractivity contribution in [1.29, 1.82) is 0 Å². The van der Waals surface area contributed by atoms with Crippen LogP contribution in [0.4, 0.5) is 0 Å². The van der Waals surface area contributed by atoms with E-state index in [0.29, 0.717) is 0 Å². The van der Waals surface area contributed by atoms with Gasteiger partial charge in [0.25, 0.3) is 0 Å². The first-order chi connectivity index (χ1) is 5.76. The highest BCUT2D eigenvalue weighted by Crippen LogP contribution is 2.39. The topological polar surface area (TPSA) is 40.5 Å². The predicted molar refractivity (Wildman–Crippen MR) is 48.9 cm³/mol. The van der Waals surface area contributed by atoms with Crippen LogP contribution in [0.25, 0.3) is 0 Å². The third-order valence-electron chi connectivity index (χ3n) is 3.41. The zero-order chi connectivity index (χ0) is 9.03. The van der Waals surface area contributed by atoms with Crippen LogP contribution in [0.3, 0.4) is 0 Å². The molecule has 2 nitrogen and oxygen atoms in total. The van der Waals surface area contributed by atoms with Crippen LogP contribution in [-0.2, 0) is 0 Å². The number of aliphatic hydroxyl groups is 2. The molecule has 1 saturated carbocycles. The molecule has 2 N–H and O–H groups in total. The van der Waals surface area contributed by atoms with Gasteiger partial charge in [-0.15, -0.1) is 0 Å². The first-order valence-corrected chi connectivity index (χ1v) is 4.98. The van der Waals surface area contributed by atoms with Crippen molar-refractivity contribution in [2.45, 2.75) is 39.0 Å². The second-order valence-corrected chi connectivity index (χ2v) is 4.17. The molecule has 12 heavy (non-hydrogen) atoms. The van der Waals surface area contributed by atoms with Gasteiger partial charge in [0.1, 0.15) is 0 Å². The van der Waals surface area contributed by atoms with E-state index in [-0.39, 0.29) is 18.6 Å². The molecule has 1 fully saturated rings. The van der Waals surface area contributed by atoms with Crippen molar-refractivity contribution in [2.24, 2.45) is 11.3 Å². The quantitative estimate of drug-likeness (QED) is 0.678. The van der Waals surface area contributed by atoms with Gasteiger partial charge in [0.2, 0.25) is 0 Å². The maximum Gasteiger partial charge on any atom is 0.0509 e. The smallest absolute Gasteiger partial charge is 0.0509 e. The summed E-state index contributed by atoms with van der Waals surface area (Å²) in [6.45, 7) is 2.52. The predicted octanol–water partition coefficient (Wildman–Crippen LogP) is 1.56. The van der Waals surface area contributed by atoms with Crippen molar-refractivity contribution in [3.63, 3.8) is 0 Å². The summed E-state index contributed by atoms with van der Waals surface area (Å²) in [4.78, 5) is 0. The highest BCUT2D eigenvalue weighted by molar-refractivity contribution is 4.84. The fraction of sp³-hybridized carbons (Fsp3) is 1.00. The summed E-state index contributed by atoms with van der Waals surface area (Å²) in [6.07, 6.45) is 5.60. The summed E-state index contributed by atoms with van der Waals surface area (Å²) in [6, 6.07) is 0. The van der Waals surface area contributed by atoms with E-state index in [4.69, 9.17) is 10.2 Å². The van der Waals surface area contributed by atoms with Gasteiger partial charge in [-0.25, -0.2) is 0 Å². The highest BCUT2D eigenvalue weighted by atomic mass is 16.3. The Morgan fingerprint density at radius 1 is 1.17 bits per heavy atom. The molecule has 72 valence electrons. The molecule has 0 saturated heterocycles. The van der Waals surface area contributed by atoms with E-state index in [1.54, 1.807) is 0 Å². The molecule has 1 aliphatic carbocycles. The molecule has 0 radical (unpaired) electrons. The zero-order valence-electron chi connectivity index (χ0n) is 7.92. The minimum absolute atomic E-state index is 0.147. The van der Waals surface area contributed by atoms with E-state index in [1.807, 2.05) is 0 Å². The summed E-state index contributed by atoms with van der Waals surface area (Å²) in [5.74, 6) is 0.830. The molecule has 2 heteroatoms. The van der Waals surface area contributed by atoms with Crippen LogP contribution in [0.1, 0.15) is 39.0 Å². The molecule has 0 aliphatic heterocycles. The molecule has 0 atom stereocenters. The Kier molecular flexibility index (Phi) is 3.53. The van der Waals surface area contributed by atoms with E-state index >= 15 is 0 Å². The van der Waals surface area contributed by atoms with Gasteiger partial charge in [-0.3, -0.25) is 0 Å². The molecule has 0 aromatic rings. The highest BCUT2D eigenvalue weighted by Gasteiger charge is 2.33. The van der Waals surface area contributed by atoms with Gasteiger partial charge in [0, 0.05) is 5.41 Å². The van der Waals surface area contributed by atoms with Gasteiger partial charge in [0.05, 0.1) is 13.2 Å². The van der Waals surface area contributed by atoms with Gasteiger partial charge >= 0.3 is 0 Å². The van der Waals surface area contributed by atoms with Gasteiger partial charge < -0.3 is 10.2 Å². The van der Waals surface area contributed by atoms with Crippen molar-refractivity contribution in [1.82, 2.24) is 0 Å². The molecule has 0 amide bonds. The molecule has 1 rings (SSSR count). The fourth-order valence-corrected chi connectivity index (χ4v) is 2.06. The third-order valence-corrected chi connectivity index (χ3v) is 3.41. The van der Waals surface area contributed by atoms with Gasteiger partial charge in [-0.05, 0) is 31.6 Å². The number of hydrogen-bond acceptors (Lipinski definition) is 2. The molecule has 0 bridgehead atoms. The molecular formula is C10H20O2. The van der Waals surface area contributed by atoms with Gasteiger partial charge in [0.15, 0.2) is 0 Å². The van der Waals surface area contributed by atoms with Crippen LogP contribution in [0.2, 0.25) is 0 Å². The lowest BCUT2D eigenvalue weighted by molar-refractivity contribution is 0.0105. The Balaban J connectivity index is 2.42. The van der Waals surface area contributed by atoms with Crippen LogP contribution < -0.4 is 0 Å². The summed E-state index contributed by atoms with van der Waals surface area (Å²) in [7, 11) is 0. The van der Waals surface area contributed by atoms with Crippen molar-refractivity contribution >= 4 is 0 Å². The number of rotatable bonds is 3. The van der Waals surface area contributed by atoms with E-state index < -0.39 is 0 Å². The number of aliphatic hydroxyl groups excluding tert-OH is 2.